The minimum atomic E-state index is -4.91. The van der Waals surface area contributed by atoms with Crippen LogP contribution in [0.3, 0.4) is 0 Å². The monoisotopic (exact) mass is 346 g/mol. The molecular formula is C10H10ClF3N2O4S. The zero-order chi connectivity index (χ0) is 16.4. The van der Waals surface area contributed by atoms with Crippen LogP contribution in [0, 0.1) is 16.0 Å². The lowest BCUT2D eigenvalue weighted by Gasteiger charge is -2.11. The van der Waals surface area contributed by atoms with Crippen LogP contribution < -0.4 is 0 Å². The average molecular weight is 347 g/mol. The third-order valence-corrected chi connectivity index (χ3v) is 4.97. The molecular weight excluding hydrogens is 337 g/mol. The van der Waals surface area contributed by atoms with E-state index in [0.717, 1.165) is 0 Å². The number of rotatable bonds is 5. The lowest BCUT2D eigenvalue weighted by atomic mass is 10.3. The first-order valence-electron chi connectivity index (χ1n) is 5.49. The smallest absolute Gasteiger partial charge is 0.258 e. The van der Waals surface area contributed by atoms with E-state index in [0.29, 0.717) is 6.20 Å². The number of sulfone groups is 1. The van der Waals surface area contributed by atoms with Crippen molar-refractivity contribution in [1.29, 1.82) is 0 Å². The summed E-state index contributed by atoms with van der Waals surface area (Å²) >= 11 is 5.46. The number of alkyl halides is 4. The summed E-state index contributed by atoms with van der Waals surface area (Å²) < 4.78 is 61.8. The van der Waals surface area contributed by atoms with Crippen LogP contribution in [0.15, 0.2) is 17.2 Å². The number of pyridine rings is 1. The van der Waals surface area contributed by atoms with Gasteiger partial charge in [0.1, 0.15) is 16.8 Å². The second-order valence-electron chi connectivity index (χ2n) is 4.33. The van der Waals surface area contributed by atoms with Gasteiger partial charge >= 0.3 is 11.9 Å². The van der Waals surface area contributed by atoms with E-state index in [9.17, 15) is 31.7 Å². The molecule has 0 aliphatic rings. The molecule has 1 aromatic rings. The number of hydrogen-bond acceptors (Lipinski definition) is 5. The third kappa shape index (κ3) is 4.27. The summed E-state index contributed by atoms with van der Waals surface area (Å²) in [5.41, 5.74) is -2.50. The van der Waals surface area contributed by atoms with Crippen LogP contribution in [0.2, 0.25) is 0 Å². The highest BCUT2D eigenvalue weighted by atomic mass is 35.5. The van der Waals surface area contributed by atoms with E-state index < -0.39 is 48.9 Å². The number of nitrogens with zero attached hydrogens (tertiary/aromatic N) is 2. The van der Waals surface area contributed by atoms with Crippen LogP contribution in [-0.4, -0.2) is 30.0 Å². The highest BCUT2D eigenvalue weighted by molar-refractivity contribution is 7.91. The van der Waals surface area contributed by atoms with Crippen molar-refractivity contribution in [1.82, 2.24) is 4.98 Å². The summed E-state index contributed by atoms with van der Waals surface area (Å²) in [4.78, 5) is 11.6. The SMILES string of the molecule is CC(CCl)CS(=O)(=O)c1cc(C(F)(F)F)ncc1[N+](=O)[O-]. The van der Waals surface area contributed by atoms with E-state index in [4.69, 9.17) is 11.6 Å². The summed E-state index contributed by atoms with van der Waals surface area (Å²) in [5, 5.41) is 10.8. The first-order chi connectivity index (χ1) is 9.49. The normalized spacial score (nSPS) is 14.0. The highest BCUT2D eigenvalue weighted by Gasteiger charge is 2.37. The van der Waals surface area contributed by atoms with Crippen LogP contribution in [-0.2, 0) is 16.0 Å². The fraction of sp³-hybridized carbons (Fsp3) is 0.500. The predicted molar refractivity (Wildman–Crippen MR) is 67.8 cm³/mol. The molecule has 6 nitrogen and oxygen atoms in total. The van der Waals surface area contributed by atoms with Crippen molar-refractivity contribution < 1.29 is 26.5 Å². The van der Waals surface area contributed by atoms with E-state index in [-0.39, 0.29) is 11.9 Å². The molecule has 21 heavy (non-hydrogen) atoms. The Morgan fingerprint density at radius 1 is 1.48 bits per heavy atom. The molecule has 0 saturated heterocycles. The Morgan fingerprint density at radius 3 is 2.48 bits per heavy atom. The molecule has 1 aromatic heterocycles. The lowest BCUT2D eigenvalue weighted by Crippen LogP contribution is -2.18. The largest absolute Gasteiger partial charge is 0.433 e. The van der Waals surface area contributed by atoms with Gasteiger partial charge in [-0.3, -0.25) is 10.1 Å². The fourth-order valence-corrected chi connectivity index (χ4v) is 3.50. The van der Waals surface area contributed by atoms with Gasteiger partial charge in [-0.25, -0.2) is 13.4 Å². The second-order valence-corrected chi connectivity index (χ2v) is 6.64. The van der Waals surface area contributed by atoms with Crippen molar-refractivity contribution in [3.05, 3.63) is 28.1 Å². The molecule has 0 aliphatic carbocycles. The van der Waals surface area contributed by atoms with E-state index in [1.54, 1.807) is 0 Å². The Labute approximate surface area is 123 Å². The van der Waals surface area contributed by atoms with Gasteiger partial charge in [-0.2, -0.15) is 13.2 Å². The van der Waals surface area contributed by atoms with Crippen LogP contribution in [0.5, 0.6) is 0 Å². The molecule has 0 saturated carbocycles. The van der Waals surface area contributed by atoms with Crippen LogP contribution in [0.25, 0.3) is 0 Å². The van der Waals surface area contributed by atoms with Crippen molar-refractivity contribution in [3.8, 4) is 0 Å². The second kappa shape index (κ2) is 6.14. The lowest BCUT2D eigenvalue weighted by molar-refractivity contribution is -0.388. The molecule has 0 N–H and O–H groups in total. The van der Waals surface area contributed by atoms with E-state index in [2.05, 4.69) is 4.98 Å². The van der Waals surface area contributed by atoms with E-state index >= 15 is 0 Å². The summed E-state index contributed by atoms with van der Waals surface area (Å²) in [7, 11) is -4.30. The summed E-state index contributed by atoms with van der Waals surface area (Å²) in [6, 6.07) is 0.175. The summed E-state index contributed by atoms with van der Waals surface area (Å²) in [5.74, 6) is -1.22. The van der Waals surface area contributed by atoms with Gasteiger partial charge in [0.25, 0.3) is 0 Å². The maximum atomic E-state index is 12.6. The number of aromatic nitrogens is 1. The minimum Gasteiger partial charge on any atom is -0.258 e. The molecule has 11 heteroatoms. The van der Waals surface area contributed by atoms with Crippen molar-refractivity contribution in [2.75, 3.05) is 11.6 Å². The van der Waals surface area contributed by atoms with Gasteiger partial charge in [0.2, 0.25) is 0 Å². The molecule has 1 atom stereocenters. The fourth-order valence-electron chi connectivity index (χ4n) is 1.48. The standard InChI is InChI=1S/C10H10ClF3N2O4S/c1-6(3-11)5-21(19,20)8-2-9(10(12,13)14)15-4-7(8)16(17)18/h2,4,6H,3,5H2,1H3. The van der Waals surface area contributed by atoms with Crippen molar-refractivity contribution in [3.63, 3.8) is 0 Å². The maximum absolute atomic E-state index is 12.6. The number of nitro groups is 1. The number of hydrogen-bond donors (Lipinski definition) is 0. The first-order valence-corrected chi connectivity index (χ1v) is 7.68. The zero-order valence-electron chi connectivity index (χ0n) is 10.6. The van der Waals surface area contributed by atoms with Crippen molar-refractivity contribution in [2.24, 2.45) is 5.92 Å². The minimum absolute atomic E-state index is 0.0514. The quantitative estimate of drug-likeness (QED) is 0.464. The van der Waals surface area contributed by atoms with Gasteiger partial charge in [0.15, 0.2) is 9.84 Å². The Kier molecular flexibility index (Phi) is 5.16. The summed E-state index contributed by atoms with van der Waals surface area (Å²) in [6.07, 6.45) is -4.61. The molecule has 1 unspecified atom stereocenters. The van der Waals surface area contributed by atoms with Crippen LogP contribution >= 0.6 is 11.6 Å². The zero-order valence-corrected chi connectivity index (χ0v) is 12.2. The Bertz CT molecular complexity index is 648. The predicted octanol–water partition coefficient (Wildman–Crippen LogP) is 2.66. The third-order valence-electron chi connectivity index (χ3n) is 2.44. The molecule has 0 spiro atoms. The molecule has 1 heterocycles. The Morgan fingerprint density at radius 2 is 2.05 bits per heavy atom. The van der Waals surface area contributed by atoms with Gasteiger partial charge in [-0.05, 0) is 12.0 Å². The van der Waals surface area contributed by atoms with Gasteiger partial charge < -0.3 is 0 Å². The van der Waals surface area contributed by atoms with Gasteiger partial charge in [0.05, 0.1) is 10.7 Å². The number of halogens is 4. The molecule has 0 aromatic carbocycles. The Balaban J connectivity index is 3.47. The topological polar surface area (TPSA) is 90.2 Å². The highest BCUT2D eigenvalue weighted by Crippen LogP contribution is 2.33. The molecule has 118 valence electrons. The summed E-state index contributed by atoms with van der Waals surface area (Å²) in [6.45, 7) is 1.46. The molecule has 0 amide bonds. The Hall–Kier alpha value is -1.42. The maximum Gasteiger partial charge on any atom is 0.433 e. The molecule has 1 rings (SSSR count). The van der Waals surface area contributed by atoms with Crippen molar-refractivity contribution >= 4 is 27.1 Å². The molecule has 0 fully saturated rings. The van der Waals surface area contributed by atoms with Gasteiger partial charge in [-0.15, -0.1) is 11.6 Å². The van der Waals surface area contributed by atoms with Crippen molar-refractivity contribution in [2.45, 2.75) is 18.0 Å². The first kappa shape index (κ1) is 17.6. The van der Waals surface area contributed by atoms with Gasteiger partial charge in [0, 0.05) is 5.88 Å². The van der Waals surface area contributed by atoms with Crippen LogP contribution in [0.1, 0.15) is 12.6 Å². The molecule has 0 bridgehead atoms. The van der Waals surface area contributed by atoms with Gasteiger partial charge in [-0.1, -0.05) is 6.92 Å². The van der Waals surface area contributed by atoms with E-state index in [1.165, 1.54) is 6.92 Å². The van der Waals surface area contributed by atoms with Crippen LogP contribution in [0.4, 0.5) is 18.9 Å². The molecule has 0 radical (unpaired) electrons. The van der Waals surface area contributed by atoms with E-state index in [1.807, 2.05) is 0 Å². The average Bonchev–Trinajstić information content (AvgIpc) is 2.36. The molecule has 0 aliphatic heterocycles.